The number of hydrogen-bond donors (Lipinski definition) is 1. The van der Waals surface area contributed by atoms with Crippen LogP contribution in [0.5, 0.6) is 0 Å². The molecule has 3 fully saturated rings. The van der Waals surface area contributed by atoms with Crippen molar-refractivity contribution < 1.29 is 10.0 Å². The van der Waals surface area contributed by atoms with Crippen LogP contribution in [0.1, 0.15) is 92.9 Å². The zero-order valence-corrected chi connectivity index (χ0v) is 21.2. The van der Waals surface area contributed by atoms with Gasteiger partial charge >= 0.3 is 0 Å². The minimum atomic E-state index is -0.0370. The average Bonchev–Trinajstić information content (AvgIpc) is 3.11. The molecule has 0 aromatic rings. The molecule has 0 bridgehead atoms. The van der Waals surface area contributed by atoms with Crippen molar-refractivity contribution in [1.82, 2.24) is 0 Å². The van der Waals surface area contributed by atoms with Crippen molar-refractivity contribution in [2.24, 2.45) is 57.4 Å². The predicted molar refractivity (Wildman–Crippen MR) is 132 cm³/mol. The fraction of sp³-hybridized carbons (Fsp3) is 0.793. The normalized spacial score (nSPS) is 42.5. The molecule has 178 valence electrons. The number of oxime groups is 1. The molecule has 4 aliphatic carbocycles. The van der Waals surface area contributed by atoms with Crippen LogP contribution in [0.15, 0.2) is 29.0 Å². The lowest BCUT2D eigenvalue weighted by Gasteiger charge is -2.58. The Balaban J connectivity index is 1.56. The molecule has 8 atom stereocenters. The lowest BCUT2D eigenvalue weighted by molar-refractivity contribution is -0.128. The van der Waals surface area contributed by atoms with Crippen LogP contribution in [0.2, 0.25) is 0 Å². The van der Waals surface area contributed by atoms with Gasteiger partial charge in [0.1, 0.15) is 0 Å². The maximum atomic E-state index is 13.3. The van der Waals surface area contributed by atoms with Gasteiger partial charge in [-0.3, -0.25) is 4.79 Å². The minimum Gasteiger partial charge on any atom is -0.411 e. The largest absolute Gasteiger partial charge is 0.411 e. The molecule has 0 aromatic heterocycles. The molecular weight excluding hydrogens is 394 g/mol. The summed E-state index contributed by atoms with van der Waals surface area (Å²) in [5, 5.41) is 12.7. The molecule has 0 saturated heterocycles. The topological polar surface area (TPSA) is 49.7 Å². The van der Waals surface area contributed by atoms with E-state index < -0.39 is 0 Å². The highest BCUT2D eigenvalue weighted by atomic mass is 16.4. The summed E-state index contributed by atoms with van der Waals surface area (Å²) in [5.74, 6) is 4.83. The van der Waals surface area contributed by atoms with Crippen molar-refractivity contribution >= 4 is 11.5 Å². The minimum absolute atomic E-state index is 0.0370. The third-order valence-electron chi connectivity index (χ3n) is 10.6. The first-order chi connectivity index (χ1) is 15.2. The predicted octanol–water partition coefficient (Wildman–Crippen LogP) is 7.45. The molecule has 0 radical (unpaired) electrons. The molecule has 0 heterocycles. The lowest BCUT2D eigenvalue weighted by atomic mass is 9.46. The summed E-state index contributed by atoms with van der Waals surface area (Å²) in [6.45, 7) is 14.3. The van der Waals surface area contributed by atoms with Gasteiger partial charge < -0.3 is 5.21 Å². The van der Waals surface area contributed by atoms with Gasteiger partial charge in [-0.25, -0.2) is 0 Å². The van der Waals surface area contributed by atoms with E-state index in [1.54, 1.807) is 0 Å². The highest BCUT2D eigenvalue weighted by Crippen LogP contribution is 2.67. The quantitative estimate of drug-likeness (QED) is 0.275. The van der Waals surface area contributed by atoms with E-state index in [-0.39, 0.29) is 5.41 Å². The van der Waals surface area contributed by atoms with Gasteiger partial charge in [0.2, 0.25) is 0 Å². The van der Waals surface area contributed by atoms with Gasteiger partial charge in [-0.2, -0.15) is 0 Å². The van der Waals surface area contributed by atoms with Gasteiger partial charge in [0.15, 0.2) is 5.78 Å². The number of rotatable bonds is 5. The number of ketones is 1. The van der Waals surface area contributed by atoms with Crippen molar-refractivity contribution in [3.05, 3.63) is 23.8 Å². The summed E-state index contributed by atoms with van der Waals surface area (Å²) in [6.07, 6.45) is 15.7. The first-order valence-corrected chi connectivity index (χ1v) is 13.3. The number of hydrogen-bond acceptors (Lipinski definition) is 3. The Bertz CT molecular complexity index is 823. The van der Waals surface area contributed by atoms with Crippen molar-refractivity contribution in [3.8, 4) is 0 Å². The average molecular weight is 440 g/mol. The van der Waals surface area contributed by atoms with E-state index >= 15 is 0 Å². The molecule has 3 heteroatoms. The van der Waals surface area contributed by atoms with E-state index in [2.05, 4.69) is 58.9 Å². The van der Waals surface area contributed by atoms with Crippen LogP contribution in [0, 0.1) is 52.3 Å². The molecule has 3 nitrogen and oxygen atoms in total. The molecule has 3 saturated carbocycles. The van der Waals surface area contributed by atoms with Crippen molar-refractivity contribution in [1.29, 1.82) is 0 Å². The van der Waals surface area contributed by atoms with Gasteiger partial charge in [0.05, 0.1) is 5.71 Å². The highest BCUT2D eigenvalue weighted by molar-refractivity contribution is 6.07. The third kappa shape index (κ3) is 3.72. The van der Waals surface area contributed by atoms with E-state index in [1.807, 2.05) is 6.08 Å². The molecular formula is C29H45NO2. The van der Waals surface area contributed by atoms with Gasteiger partial charge in [0, 0.05) is 12.0 Å². The Labute approximate surface area is 195 Å². The highest BCUT2D eigenvalue weighted by Gasteiger charge is 2.60. The Hall–Kier alpha value is -1.38. The molecule has 1 unspecified atom stereocenters. The van der Waals surface area contributed by atoms with Crippen LogP contribution >= 0.6 is 0 Å². The molecule has 4 aliphatic rings. The van der Waals surface area contributed by atoms with Crippen molar-refractivity contribution in [2.75, 3.05) is 0 Å². The lowest BCUT2D eigenvalue weighted by Crippen LogP contribution is -2.53. The Morgan fingerprint density at radius 3 is 2.53 bits per heavy atom. The summed E-state index contributed by atoms with van der Waals surface area (Å²) in [6, 6.07) is 0. The van der Waals surface area contributed by atoms with Gasteiger partial charge in [0.25, 0.3) is 0 Å². The van der Waals surface area contributed by atoms with Crippen molar-refractivity contribution in [3.63, 3.8) is 0 Å². The smallest absolute Gasteiger partial charge is 0.159 e. The Morgan fingerprint density at radius 2 is 1.88 bits per heavy atom. The standard InChI is InChI=1S/C29H45NO2/c1-7-20(18(2)3)9-8-19(4)23-10-11-24-22-17-27(31)26-16-21(30-32)12-14-29(26,6)25(22)13-15-28(23,24)5/h8-9,16,18-20,22-25,32H,7,10-15,17H2,1-6H3/t19-,20?,22+,23-,24+,25+,28-,29-/m1/s1. The second kappa shape index (κ2) is 8.76. The number of fused-ring (bicyclic) bond motifs is 5. The zero-order valence-electron chi connectivity index (χ0n) is 21.2. The van der Waals surface area contributed by atoms with Crippen LogP contribution in [-0.4, -0.2) is 16.7 Å². The number of carbonyl (C=O) groups is 1. The summed E-state index contributed by atoms with van der Waals surface area (Å²) in [5.41, 5.74) is 1.95. The van der Waals surface area contributed by atoms with Crippen molar-refractivity contribution in [2.45, 2.75) is 92.9 Å². The molecule has 1 N–H and O–H groups in total. The zero-order chi connectivity index (χ0) is 23.3. The number of allylic oxidation sites excluding steroid dienone is 4. The number of nitrogens with zero attached hydrogens (tertiary/aromatic N) is 1. The van der Waals surface area contributed by atoms with E-state index in [0.717, 1.165) is 24.3 Å². The molecule has 0 aliphatic heterocycles. The number of carbonyl (C=O) groups excluding carboxylic acids is 1. The number of Topliss-reactive ketones (excluding diaryl/α,β-unsaturated/α-hetero) is 1. The maximum Gasteiger partial charge on any atom is 0.159 e. The van der Waals surface area contributed by atoms with Crippen LogP contribution in [0.25, 0.3) is 0 Å². The van der Waals surface area contributed by atoms with E-state index in [4.69, 9.17) is 0 Å². The summed E-state index contributed by atoms with van der Waals surface area (Å²) in [4.78, 5) is 13.3. The Kier molecular flexibility index (Phi) is 6.51. The van der Waals surface area contributed by atoms with Crippen LogP contribution in [-0.2, 0) is 4.79 Å². The fourth-order valence-corrected chi connectivity index (χ4v) is 8.66. The van der Waals surface area contributed by atoms with Gasteiger partial charge in [-0.1, -0.05) is 58.9 Å². The summed E-state index contributed by atoms with van der Waals surface area (Å²) in [7, 11) is 0. The van der Waals surface area contributed by atoms with E-state index in [9.17, 15) is 10.0 Å². The fourth-order valence-electron chi connectivity index (χ4n) is 8.66. The third-order valence-corrected chi connectivity index (χ3v) is 10.6. The summed E-state index contributed by atoms with van der Waals surface area (Å²) < 4.78 is 0. The second-order valence-corrected chi connectivity index (χ2v) is 12.4. The van der Waals surface area contributed by atoms with E-state index in [0.29, 0.717) is 58.8 Å². The molecule has 32 heavy (non-hydrogen) atoms. The van der Waals surface area contributed by atoms with Gasteiger partial charge in [-0.05, 0) is 103 Å². The van der Waals surface area contributed by atoms with E-state index in [1.165, 1.54) is 32.1 Å². The van der Waals surface area contributed by atoms with Crippen LogP contribution in [0.4, 0.5) is 0 Å². The SMILES string of the molecule is CCC(C=C[C@@H](C)[C@H]1CC[C@H]2[C@@H]3CC(=O)C4=CC(=NO)CC[C@]4(C)[C@H]3CC[C@]12C)C(C)C. The molecule has 0 spiro atoms. The molecule has 0 aromatic carbocycles. The Morgan fingerprint density at radius 1 is 1.12 bits per heavy atom. The maximum absolute atomic E-state index is 13.3. The summed E-state index contributed by atoms with van der Waals surface area (Å²) >= 11 is 0. The van der Waals surface area contributed by atoms with Gasteiger partial charge in [-0.15, -0.1) is 0 Å². The first kappa shape index (κ1) is 23.8. The first-order valence-electron chi connectivity index (χ1n) is 13.3. The van der Waals surface area contributed by atoms with Crippen LogP contribution in [0.3, 0.4) is 0 Å². The molecule has 0 amide bonds. The van der Waals surface area contributed by atoms with Crippen LogP contribution < -0.4 is 0 Å². The molecule has 4 rings (SSSR count). The second-order valence-electron chi connectivity index (χ2n) is 12.4. The monoisotopic (exact) mass is 439 g/mol.